The number of amides is 2. The second kappa shape index (κ2) is 7.69. The number of nitrogens with one attached hydrogen (secondary N) is 2. The number of benzene rings is 2. The number of hydrazine groups is 1. The molecule has 0 aliphatic carbocycles. The van der Waals surface area contributed by atoms with Gasteiger partial charge in [-0.3, -0.25) is 20.4 Å². The molecule has 118 valence electrons. The standard InChI is InChI=1S/C17H14BrFN2O2/c1-11-4-2-3-5-14(11)17(23)21-20-16(22)9-6-12-10-13(18)7-8-15(12)19/h2-10H,1H3,(H,20,22)(H,21,23)/b9-6+. The van der Waals surface area contributed by atoms with E-state index >= 15 is 0 Å². The van der Waals surface area contributed by atoms with Crippen molar-refractivity contribution < 1.29 is 14.0 Å². The molecule has 0 saturated heterocycles. The van der Waals surface area contributed by atoms with E-state index < -0.39 is 17.6 Å². The molecule has 0 unspecified atom stereocenters. The number of rotatable bonds is 3. The van der Waals surface area contributed by atoms with Gasteiger partial charge in [-0.25, -0.2) is 4.39 Å². The lowest BCUT2D eigenvalue weighted by Crippen LogP contribution is -2.41. The minimum absolute atomic E-state index is 0.264. The zero-order chi connectivity index (χ0) is 16.8. The molecule has 2 N–H and O–H groups in total. The highest BCUT2D eigenvalue weighted by Crippen LogP contribution is 2.16. The Morgan fingerprint density at radius 1 is 1.13 bits per heavy atom. The summed E-state index contributed by atoms with van der Waals surface area (Å²) < 4.78 is 14.2. The molecule has 0 bridgehead atoms. The predicted molar refractivity (Wildman–Crippen MR) is 89.9 cm³/mol. The summed E-state index contributed by atoms with van der Waals surface area (Å²) in [6, 6.07) is 11.4. The van der Waals surface area contributed by atoms with Crippen molar-refractivity contribution in [3.63, 3.8) is 0 Å². The number of carbonyl (C=O) groups excluding carboxylic acids is 2. The highest BCUT2D eigenvalue weighted by Gasteiger charge is 2.08. The fourth-order valence-electron chi connectivity index (χ4n) is 1.86. The first-order chi connectivity index (χ1) is 11.0. The van der Waals surface area contributed by atoms with Crippen molar-refractivity contribution in [2.24, 2.45) is 0 Å². The summed E-state index contributed by atoms with van der Waals surface area (Å²) in [6.07, 6.45) is 2.47. The molecule has 2 rings (SSSR count). The number of halogens is 2. The molecule has 0 aromatic heterocycles. The molecule has 0 atom stereocenters. The summed E-state index contributed by atoms with van der Waals surface area (Å²) in [7, 11) is 0. The summed E-state index contributed by atoms with van der Waals surface area (Å²) >= 11 is 3.23. The highest BCUT2D eigenvalue weighted by molar-refractivity contribution is 9.10. The average Bonchev–Trinajstić information content (AvgIpc) is 2.54. The van der Waals surface area contributed by atoms with E-state index in [-0.39, 0.29) is 5.56 Å². The van der Waals surface area contributed by atoms with Crippen LogP contribution in [0.5, 0.6) is 0 Å². The van der Waals surface area contributed by atoms with Gasteiger partial charge in [-0.05, 0) is 42.8 Å². The lowest BCUT2D eigenvalue weighted by molar-refractivity contribution is -0.117. The molecule has 2 aromatic rings. The van der Waals surface area contributed by atoms with Crippen molar-refractivity contribution in [3.8, 4) is 0 Å². The van der Waals surface area contributed by atoms with E-state index in [0.29, 0.717) is 10.0 Å². The molecule has 0 saturated carbocycles. The van der Waals surface area contributed by atoms with Crippen LogP contribution in [0.2, 0.25) is 0 Å². The van der Waals surface area contributed by atoms with E-state index in [1.807, 2.05) is 6.07 Å². The number of hydrogen-bond donors (Lipinski definition) is 2. The van der Waals surface area contributed by atoms with Crippen LogP contribution in [0.1, 0.15) is 21.5 Å². The molecular formula is C17H14BrFN2O2. The summed E-state index contributed by atoms with van der Waals surface area (Å²) in [5, 5.41) is 0. The summed E-state index contributed by atoms with van der Waals surface area (Å²) in [5.41, 5.74) is 6.09. The lowest BCUT2D eigenvalue weighted by atomic mass is 10.1. The third-order valence-electron chi connectivity index (χ3n) is 3.06. The molecule has 0 heterocycles. The topological polar surface area (TPSA) is 58.2 Å². The van der Waals surface area contributed by atoms with Crippen LogP contribution in [-0.2, 0) is 4.79 Å². The predicted octanol–water partition coefficient (Wildman–Crippen LogP) is 3.37. The quantitative estimate of drug-likeness (QED) is 0.637. The van der Waals surface area contributed by atoms with E-state index in [9.17, 15) is 14.0 Å². The summed E-state index contributed by atoms with van der Waals surface area (Å²) in [5.74, 6) is -1.43. The van der Waals surface area contributed by atoms with Gasteiger partial charge >= 0.3 is 0 Å². The molecule has 0 fully saturated rings. The zero-order valence-corrected chi connectivity index (χ0v) is 13.9. The number of carbonyl (C=O) groups is 2. The molecule has 4 nitrogen and oxygen atoms in total. The molecule has 2 aromatic carbocycles. The Morgan fingerprint density at radius 2 is 1.87 bits per heavy atom. The maximum atomic E-state index is 13.5. The zero-order valence-electron chi connectivity index (χ0n) is 12.3. The van der Waals surface area contributed by atoms with Gasteiger partial charge in [0.25, 0.3) is 11.8 Å². The molecule has 6 heteroatoms. The van der Waals surface area contributed by atoms with Gasteiger partial charge < -0.3 is 0 Å². The fraction of sp³-hybridized carbons (Fsp3) is 0.0588. The van der Waals surface area contributed by atoms with Crippen LogP contribution in [0.3, 0.4) is 0 Å². The summed E-state index contributed by atoms with van der Waals surface area (Å²) in [4.78, 5) is 23.6. The Kier molecular flexibility index (Phi) is 5.65. The van der Waals surface area contributed by atoms with Gasteiger partial charge in [0.2, 0.25) is 0 Å². The van der Waals surface area contributed by atoms with Gasteiger partial charge in [0.1, 0.15) is 5.82 Å². The Balaban J connectivity index is 1.95. The van der Waals surface area contributed by atoms with Gasteiger partial charge in [0, 0.05) is 21.7 Å². The van der Waals surface area contributed by atoms with E-state index in [2.05, 4.69) is 26.8 Å². The molecule has 0 aliphatic heterocycles. The number of hydrogen-bond acceptors (Lipinski definition) is 2. The second-order valence-corrected chi connectivity index (χ2v) is 5.67. The Hall–Kier alpha value is -2.47. The third kappa shape index (κ3) is 4.75. The Morgan fingerprint density at radius 3 is 2.61 bits per heavy atom. The normalized spacial score (nSPS) is 10.6. The molecule has 2 amide bonds. The van der Waals surface area contributed by atoms with Crippen molar-refractivity contribution in [3.05, 3.63) is 75.5 Å². The van der Waals surface area contributed by atoms with Crippen LogP contribution in [0.15, 0.2) is 53.0 Å². The van der Waals surface area contributed by atoms with Gasteiger partial charge in [-0.1, -0.05) is 34.1 Å². The average molecular weight is 377 g/mol. The van der Waals surface area contributed by atoms with Gasteiger partial charge in [-0.2, -0.15) is 0 Å². The highest BCUT2D eigenvalue weighted by atomic mass is 79.9. The SMILES string of the molecule is Cc1ccccc1C(=O)NNC(=O)/C=C/c1cc(Br)ccc1F. The van der Waals surface area contributed by atoms with Crippen molar-refractivity contribution in [2.45, 2.75) is 6.92 Å². The molecule has 23 heavy (non-hydrogen) atoms. The van der Waals surface area contributed by atoms with Gasteiger partial charge in [0.05, 0.1) is 0 Å². The van der Waals surface area contributed by atoms with E-state index in [4.69, 9.17) is 0 Å². The van der Waals surface area contributed by atoms with Crippen molar-refractivity contribution in [1.82, 2.24) is 10.9 Å². The number of aryl methyl sites for hydroxylation is 1. The maximum Gasteiger partial charge on any atom is 0.269 e. The Bertz CT molecular complexity index is 775. The minimum atomic E-state index is -0.564. The largest absolute Gasteiger partial charge is 0.269 e. The maximum absolute atomic E-state index is 13.5. The van der Waals surface area contributed by atoms with Gasteiger partial charge in [-0.15, -0.1) is 0 Å². The Labute approximate surface area is 141 Å². The first kappa shape index (κ1) is 16.9. The minimum Gasteiger partial charge on any atom is -0.268 e. The monoisotopic (exact) mass is 376 g/mol. The third-order valence-corrected chi connectivity index (χ3v) is 3.55. The van der Waals surface area contributed by atoms with Crippen LogP contribution >= 0.6 is 15.9 Å². The van der Waals surface area contributed by atoms with Crippen LogP contribution in [0, 0.1) is 12.7 Å². The van der Waals surface area contributed by atoms with Gasteiger partial charge in [0.15, 0.2) is 0 Å². The summed E-state index contributed by atoms with van der Waals surface area (Å²) in [6.45, 7) is 1.80. The van der Waals surface area contributed by atoms with Crippen LogP contribution in [0.4, 0.5) is 4.39 Å². The fourth-order valence-corrected chi connectivity index (χ4v) is 2.24. The smallest absolute Gasteiger partial charge is 0.268 e. The molecule has 0 radical (unpaired) electrons. The van der Waals surface area contributed by atoms with Crippen LogP contribution < -0.4 is 10.9 Å². The first-order valence-electron chi connectivity index (χ1n) is 6.76. The molecule has 0 aliphatic rings. The van der Waals surface area contributed by atoms with Crippen LogP contribution in [0.25, 0.3) is 6.08 Å². The van der Waals surface area contributed by atoms with Crippen LogP contribution in [-0.4, -0.2) is 11.8 Å². The van der Waals surface area contributed by atoms with Crippen molar-refractivity contribution >= 4 is 33.8 Å². The van der Waals surface area contributed by atoms with E-state index in [1.54, 1.807) is 37.3 Å². The second-order valence-electron chi connectivity index (χ2n) is 4.76. The van der Waals surface area contributed by atoms with E-state index in [0.717, 1.165) is 11.6 Å². The van der Waals surface area contributed by atoms with Crippen molar-refractivity contribution in [2.75, 3.05) is 0 Å². The lowest BCUT2D eigenvalue weighted by Gasteiger charge is -2.07. The van der Waals surface area contributed by atoms with Crippen molar-refractivity contribution in [1.29, 1.82) is 0 Å². The first-order valence-corrected chi connectivity index (χ1v) is 7.56. The molecular weight excluding hydrogens is 363 g/mol. The van der Waals surface area contributed by atoms with E-state index in [1.165, 1.54) is 12.1 Å². The molecule has 0 spiro atoms.